The Hall–Kier alpha value is -3.25. The summed E-state index contributed by atoms with van der Waals surface area (Å²) in [6, 6.07) is 19.0. The molecule has 1 amide bonds. The second-order valence-electron chi connectivity index (χ2n) is 6.37. The summed E-state index contributed by atoms with van der Waals surface area (Å²) < 4.78 is 5.44. The first kappa shape index (κ1) is 18.1. The van der Waals surface area contributed by atoms with Crippen molar-refractivity contribution in [3.8, 4) is 22.8 Å². The zero-order valence-corrected chi connectivity index (χ0v) is 16.2. The highest BCUT2D eigenvalue weighted by Crippen LogP contribution is 2.25. The SMILES string of the molecule is Cc1ccsc1CCNC(=O)c1ccccc1-c1nc(-c2ccccc2)no1. The molecule has 0 aliphatic rings. The molecule has 4 aromatic rings. The number of aryl methyl sites for hydroxylation is 1. The Labute approximate surface area is 167 Å². The van der Waals surface area contributed by atoms with Crippen molar-refractivity contribution in [3.63, 3.8) is 0 Å². The van der Waals surface area contributed by atoms with Crippen molar-refractivity contribution < 1.29 is 9.32 Å². The van der Waals surface area contributed by atoms with Crippen LogP contribution in [0.3, 0.4) is 0 Å². The molecule has 2 heterocycles. The molecule has 0 radical (unpaired) electrons. The Morgan fingerprint density at radius 1 is 1.07 bits per heavy atom. The number of rotatable bonds is 6. The lowest BCUT2D eigenvalue weighted by Crippen LogP contribution is -2.26. The van der Waals surface area contributed by atoms with Gasteiger partial charge in [0.05, 0.1) is 11.1 Å². The van der Waals surface area contributed by atoms with Gasteiger partial charge in [-0.15, -0.1) is 11.3 Å². The maximum atomic E-state index is 12.7. The van der Waals surface area contributed by atoms with E-state index in [4.69, 9.17) is 4.52 Å². The summed E-state index contributed by atoms with van der Waals surface area (Å²) in [6.07, 6.45) is 0.816. The molecule has 1 N–H and O–H groups in total. The number of thiophene rings is 1. The molecule has 0 atom stereocenters. The second-order valence-corrected chi connectivity index (χ2v) is 7.37. The normalized spacial score (nSPS) is 10.8. The number of benzene rings is 2. The van der Waals surface area contributed by atoms with E-state index in [0.29, 0.717) is 29.4 Å². The molecule has 28 heavy (non-hydrogen) atoms. The van der Waals surface area contributed by atoms with E-state index < -0.39 is 0 Å². The Morgan fingerprint density at radius 3 is 2.64 bits per heavy atom. The average molecular weight is 389 g/mol. The quantitative estimate of drug-likeness (QED) is 0.517. The van der Waals surface area contributed by atoms with Gasteiger partial charge < -0.3 is 9.84 Å². The van der Waals surface area contributed by atoms with Crippen LogP contribution >= 0.6 is 11.3 Å². The topological polar surface area (TPSA) is 68.0 Å². The molecular weight excluding hydrogens is 370 g/mol. The van der Waals surface area contributed by atoms with Crippen LogP contribution in [0.5, 0.6) is 0 Å². The Kier molecular flexibility index (Phi) is 5.30. The first-order valence-electron chi connectivity index (χ1n) is 9.02. The molecule has 0 saturated heterocycles. The van der Waals surface area contributed by atoms with Crippen molar-refractivity contribution in [1.82, 2.24) is 15.5 Å². The first-order valence-corrected chi connectivity index (χ1v) is 9.90. The van der Waals surface area contributed by atoms with Gasteiger partial charge in [0.2, 0.25) is 5.82 Å². The number of hydrogen-bond donors (Lipinski definition) is 1. The minimum Gasteiger partial charge on any atom is -0.352 e. The van der Waals surface area contributed by atoms with Crippen LogP contribution in [-0.2, 0) is 6.42 Å². The van der Waals surface area contributed by atoms with Crippen molar-refractivity contribution in [2.45, 2.75) is 13.3 Å². The van der Waals surface area contributed by atoms with Gasteiger partial charge in [-0.1, -0.05) is 47.6 Å². The van der Waals surface area contributed by atoms with Gasteiger partial charge in [-0.3, -0.25) is 4.79 Å². The first-order chi connectivity index (χ1) is 13.7. The summed E-state index contributed by atoms with van der Waals surface area (Å²) in [5, 5.41) is 9.11. The lowest BCUT2D eigenvalue weighted by atomic mass is 10.1. The van der Waals surface area contributed by atoms with Crippen molar-refractivity contribution >= 4 is 17.2 Å². The maximum absolute atomic E-state index is 12.7. The zero-order valence-electron chi connectivity index (χ0n) is 15.4. The Morgan fingerprint density at radius 2 is 1.86 bits per heavy atom. The van der Waals surface area contributed by atoms with Crippen LogP contribution in [-0.4, -0.2) is 22.6 Å². The van der Waals surface area contributed by atoms with Gasteiger partial charge in [0, 0.05) is 17.0 Å². The van der Waals surface area contributed by atoms with Crippen LogP contribution in [0, 0.1) is 6.92 Å². The highest BCUT2D eigenvalue weighted by Gasteiger charge is 2.18. The van der Waals surface area contributed by atoms with Gasteiger partial charge in [0.25, 0.3) is 11.8 Å². The summed E-state index contributed by atoms with van der Waals surface area (Å²) in [7, 11) is 0. The predicted octanol–water partition coefficient (Wildman–Crippen LogP) is 4.75. The number of nitrogens with one attached hydrogen (secondary N) is 1. The second kappa shape index (κ2) is 8.19. The fourth-order valence-corrected chi connectivity index (χ4v) is 3.86. The molecule has 2 aromatic heterocycles. The highest BCUT2D eigenvalue weighted by atomic mass is 32.1. The molecule has 2 aromatic carbocycles. The van der Waals surface area contributed by atoms with Gasteiger partial charge in [0.1, 0.15) is 0 Å². The molecule has 5 nitrogen and oxygen atoms in total. The summed E-state index contributed by atoms with van der Waals surface area (Å²) >= 11 is 1.71. The number of carbonyl (C=O) groups is 1. The van der Waals surface area contributed by atoms with Crippen LogP contribution in [0.4, 0.5) is 0 Å². The fraction of sp³-hybridized carbons (Fsp3) is 0.136. The van der Waals surface area contributed by atoms with Crippen molar-refractivity contribution in [2.75, 3.05) is 6.54 Å². The van der Waals surface area contributed by atoms with Crippen LogP contribution in [0.2, 0.25) is 0 Å². The summed E-state index contributed by atoms with van der Waals surface area (Å²) in [5.74, 6) is 0.682. The smallest absolute Gasteiger partial charge is 0.259 e. The Bertz CT molecular complexity index is 1090. The molecule has 0 unspecified atom stereocenters. The number of carbonyl (C=O) groups excluding carboxylic acids is 1. The van der Waals surface area contributed by atoms with E-state index >= 15 is 0 Å². The van der Waals surface area contributed by atoms with Gasteiger partial charge in [-0.25, -0.2) is 0 Å². The molecule has 140 valence electrons. The summed E-state index contributed by atoms with van der Waals surface area (Å²) in [5.41, 5.74) is 3.28. The van der Waals surface area contributed by atoms with Crippen molar-refractivity contribution in [3.05, 3.63) is 82.0 Å². The number of hydrogen-bond acceptors (Lipinski definition) is 5. The number of aromatic nitrogens is 2. The van der Waals surface area contributed by atoms with Gasteiger partial charge >= 0.3 is 0 Å². The van der Waals surface area contributed by atoms with E-state index in [0.717, 1.165) is 12.0 Å². The lowest BCUT2D eigenvalue weighted by Gasteiger charge is -2.07. The van der Waals surface area contributed by atoms with Gasteiger partial charge in [-0.05, 0) is 42.5 Å². The molecular formula is C22H19N3O2S. The van der Waals surface area contributed by atoms with E-state index in [1.165, 1.54) is 10.4 Å². The third kappa shape index (κ3) is 3.87. The molecule has 0 aliphatic carbocycles. The Balaban J connectivity index is 1.51. The molecule has 6 heteroatoms. The molecule has 0 bridgehead atoms. The van der Waals surface area contributed by atoms with Gasteiger partial charge in [0.15, 0.2) is 0 Å². The monoisotopic (exact) mass is 389 g/mol. The van der Waals surface area contributed by atoms with E-state index in [2.05, 4.69) is 33.8 Å². The standard InChI is InChI=1S/C22H19N3O2S/c1-15-12-14-28-19(15)11-13-23-21(26)17-9-5-6-10-18(17)22-24-20(25-27-22)16-7-3-2-4-8-16/h2-10,12,14H,11,13H2,1H3,(H,23,26). The average Bonchev–Trinajstić information content (AvgIpc) is 3.38. The van der Waals surface area contributed by atoms with E-state index in [1.54, 1.807) is 17.4 Å². The van der Waals surface area contributed by atoms with E-state index in [-0.39, 0.29) is 5.91 Å². The molecule has 4 rings (SSSR count). The summed E-state index contributed by atoms with van der Waals surface area (Å²) in [4.78, 5) is 18.5. The maximum Gasteiger partial charge on any atom is 0.259 e. The van der Waals surface area contributed by atoms with Crippen LogP contribution in [0.15, 0.2) is 70.6 Å². The molecule has 0 saturated carbocycles. The number of amides is 1. The molecule has 0 spiro atoms. The zero-order chi connectivity index (χ0) is 19.3. The number of nitrogens with zero attached hydrogens (tertiary/aromatic N) is 2. The van der Waals surface area contributed by atoms with Crippen LogP contribution < -0.4 is 5.32 Å². The molecule has 0 fully saturated rings. The minimum absolute atomic E-state index is 0.149. The van der Waals surface area contributed by atoms with Crippen molar-refractivity contribution in [2.24, 2.45) is 0 Å². The predicted molar refractivity (Wildman–Crippen MR) is 110 cm³/mol. The minimum atomic E-state index is -0.149. The summed E-state index contributed by atoms with van der Waals surface area (Å²) in [6.45, 7) is 2.66. The van der Waals surface area contributed by atoms with Crippen molar-refractivity contribution in [1.29, 1.82) is 0 Å². The highest BCUT2D eigenvalue weighted by molar-refractivity contribution is 7.10. The van der Waals surface area contributed by atoms with E-state index in [9.17, 15) is 4.79 Å². The fourth-order valence-electron chi connectivity index (χ4n) is 2.95. The van der Waals surface area contributed by atoms with Crippen LogP contribution in [0.25, 0.3) is 22.8 Å². The van der Waals surface area contributed by atoms with Gasteiger partial charge in [-0.2, -0.15) is 4.98 Å². The van der Waals surface area contributed by atoms with Crippen LogP contribution in [0.1, 0.15) is 20.8 Å². The third-order valence-electron chi connectivity index (χ3n) is 4.47. The lowest BCUT2D eigenvalue weighted by molar-refractivity contribution is 0.0954. The largest absolute Gasteiger partial charge is 0.352 e. The van der Waals surface area contributed by atoms with E-state index in [1.807, 2.05) is 48.5 Å². The third-order valence-corrected chi connectivity index (χ3v) is 5.55. The molecule has 0 aliphatic heterocycles.